The van der Waals surface area contributed by atoms with Crippen molar-refractivity contribution in [1.82, 2.24) is 19.9 Å². The summed E-state index contributed by atoms with van der Waals surface area (Å²) in [6.45, 7) is 6.08. The third-order valence-electron chi connectivity index (χ3n) is 4.33. The van der Waals surface area contributed by atoms with Gasteiger partial charge in [-0.1, -0.05) is 25.4 Å². The standard InChI is InChI=1S/C20H23ClN4O3/c1-13(2)11-20(3,24-19(26)27)12-28-17-5-4-14(10-15(17)21)16-6-8-22-18-7-9-23-25(16)18/h4-10,13,24H,11-12H2,1-3H3,(H,26,27). The van der Waals surface area contributed by atoms with E-state index >= 15 is 0 Å². The molecule has 0 radical (unpaired) electrons. The lowest BCUT2D eigenvalue weighted by molar-refractivity contribution is 0.143. The summed E-state index contributed by atoms with van der Waals surface area (Å²) in [6.07, 6.45) is 2.98. The van der Waals surface area contributed by atoms with Gasteiger partial charge in [0.15, 0.2) is 5.65 Å². The van der Waals surface area contributed by atoms with Crippen molar-refractivity contribution in [3.63, 3.8) is 0 Å². The number of carbonyl (C=O) groups is 1. The van der Waals surface area contributed by atoms with E-state index in [4.69, 9.17) is 21.4 Å². The van der Waals surface area contributed by atoms with Crippen LogP contribution in [0.25, 0.3) is 16.9 Å². The highest BCUT2D eigenvalue weighted by Crippen LogP contribution is 2.31. The molecular formula is C20H23ClN4O3. The number of nitrogens with zero attached hydrogens (tertiary/aromatic N) is 3. The minimum atomic E-state index is -1.07. The van der Waals surface area contributed by atoms with Gasteiger partial charge in [0.1, 0.15) is 12.4 Å². The fraction of sp³-hybridized carbons (Fsp3) is 0.350. The number of amides is 1. The molecular weight excluding hydrogens is 380 g/mol. The van der Waals surface area contributed by atoms with E-state index in [9.17, 15) is 4.79 Å². The lowest BCUT2D eigenvalue weighted by Crippen LogP contribution is -2.50. The molecule has 0 aliphatic heterocycles. The van der Waals surface area contributed by atoms with Crippen LogP contribution in [0.1, 0.15) is 27.2 Å². The number of hydrogen-bond acceptors (Lipinski definition) is 4. The molecule has 0 aliphatic rings. The molecule has 1 atom stereocenters. The van der Waals surface area contributed by atoms with Crippen LogP contribution in [0.3, 0.4) is 0 Å². The van der Waals surface area contributed by atoms with E-state index in [1.54, 1.807) is 29.0 Å². The maximum absolute atomic E-state index is 11.2. The van der Waals surface area contributed by atoms with Crippen LogP contribution in [-0.4, -0.2) is 37.9 Å². The highest BCUT2D eigenvalue weighted by molar-refractivity contribution is 6.32. The van der Waals surface area contributed by atoms with E-state index in [-0.39, 0.29) is 6.61 Å². The molecule has 2 aromatic heterocycles. The first-order valence-electron chi connectivity index (χ1n) is 9.00. The zero-order chi connectivity index (χ0) is 20.3. The lowest BCUT2D eigenvalue weighted by Gasteiger charge is -2.31. The highest BCUT2D eigenvalue weighted by Gasteiger charge is 2.29. The van der Waals surface area contributed by atoms with Crippen molar-refractivity contribution >= 4 is 23.3 Å². The van der Waals surface area contributed by atoms with Crippen LogP contribution in [0.2, 0.25) is 5.02 Å². The van der Waals surface area contributed by atoms with Crippen LogP contribution in [-0.2, 0) is 0 Å². The molecule has 1 amide bonds. The van der Waals surface area contributed by atoms with Crippen molar-refractivity contribution in [1.29, 1.82) is 0 Å². The van der Waals surface area contributed by atoms with Gasteiger partial charge in [-0.2, -0.15) is 5.10 Å². The van der Waals surface area contributed by atoms with Gasteiger partial charge >= 0.3 is 6.09 Å². The molecule has 0 bridgehead atoms. The van der Waals surface area contributed by atoms with Crippen molar-refractivity contribution in [2.45, 2.75) is 32.7 Å². The second-order valence-electron chi connectivity index (χ2n) is 7.45. The quantitative estimate of drug-likeness (QED) is 0.607. The molecule has 7 nitrogen and oxygen atoms in total. The summed E-state index contributed by atoms with van der Waals surface area (Å²) in [7, 11) is 0. The molecule has 0 saturated heterocycles. The predicted molar refractivity (Wildman–Crippen MR) is 108 cm³/mol. The SMILES string of the molecule is CC(C)CC(C)(COc1ccc(-c2ccnc3ccnn23)cc1Cl)NC(=O)O. The van der Waals surface area contributed by atoms with Crippen molar-refractivity contribution in [2.75, 3.05) is 6.61 Å². The van der Waals surface area contributed by atoms with Crippen molar-refractivity contribution < 1.29 is 14.6 Å². The smallest absolute Gasteiger partial charge is 0.405 e. The Morgan fingerprint density at radius 1 is 1.32 bits per heavy atom. The van der Waals surface area contributed by atoms with Gasteiger partial charge in [0, 0.05) is 17.8 Å². The van der Waals surface area contributed by atoms with Gasteiger partial charge in [0.25, 0.3) is 0 Å². The average Bonchev–Trinajstić information content (AvgIpc) is 3.08. The van der Waals surface area contributed by atoms with E-state index in [0.717, 1.165) is 16.9 Å². The number of carboxylic acid groups (broad SMARTS) is 1. The van der Waals surface area contributed by atoms with E-state index in [1.165, 1.54) is 0 Å². The second kappa shape index (κ2) is 8.06. The van der Waals surface area contributed by atoms with Crippen LogP contribution >= 0.6 is 11.6 Å². The molecule has 0 aliphatic carbocycles. The Kier molecular flexibility index (Phi) is 5.74. The monoisotopic (exact) mass is 402 g/mol. The Morgan fingerprint density at radius 2 is 2.11 bits per heavy atom. The van der Waals surface area contributed by atoms with Gasteiger partial charge in [-0.3, -0.25) is 0 Å². The van der Waals surface area contributed by atoms with Crippen molar-refractivity contribution in [3.8, 4) is 17.0 Å². The van der Waals surface area contributed by atoms with E-state index in [0.29, 0.717) is 23.1 Å². The van der Waals surface area contributed by atoms with Crippen LogP contribution in [0, 0.1) is 5.92 Å². The number of fused-ring (bicyclic) bond motifs is 1. The number of hydrogen-bond donors (Lipinski definition) is 2. The molecule has 148 valence electrons. The van der Waals surface area contributed by atoms with Crippen LogP contribution < -0.4 is 10.1 Å². The number of rotatable bonds is 7. The molecule has 3 rings (SSSR count). The molecule has 1 unspecified atom stereocenters. The first kappa shape index (κ1) is 19.9. The maximum atomic E-state index is 11.2. The third kappa shape index (κ3) is 4.54. The highest BCUT2D eigenvalue weighted by atomic mass is 35.5. The molecule has 2 heterocycles. The summed E-state index contributed by atoms with van der Waals surface area (Å²) in [4.78, 5) is 15.4. The molecule has 1 aromatic carbocycles. The van der Waals surface area contributed by atoms with Gasteiger partial charge in [-0.05, 0) is 43.5 Å². The summed E-state index contributed by atoms with van der Waals surface area (Å²) in [6, 6.07) is 9.17. The number of benzene rings is 1. The van der Waals surface area contributed by atoms with E-state index in [1.807, 2.05) is 39.0 Å². The summed E-state index contributed by atoms with van der Waals surface area (Å²) < 4.78 is 7.61. The largest absolute Gasteiger partial charge is 0.490 e. The van der Waals surface area contributed by atoms with Gasteiger partial charge in [0.2, 0.25) is 0 Å². The zero-order valence-corrected chi connectivity index (χ0v) is 16.8. The first-order valence-corrected chi connectivity index (χ1v) is 9.38. The summed E-state index contributed by atoms with van der Waals surface area (Å²) in [5, 5.41) is 16.4. The molecule has 3 aromatic rings. The number of nitrogens with one attached hydrogen (secondary N) is 1. The summed E-state index contributed by atoms with van der Waals surface area (Å²) in [5.41, 5.74) is 1.77. The number of aromatic nitrogens is 3. The van der Waals surface area contributed by atoms with E-state index in [2.05, 4.69) is 15.4 Å². The summed E-state index contributed by atoms with van der Waals surface area (Å²) >= 11 is 6.44. The van der Waals surface area contributed by atoms with Gasteiger partial charge in [-0.15, -0.1) is 0 Å². The first-order chi connectivity index (χ1) is 13.3. The average molecular weight is 403 g/mol. The molecule has 0 saturated carbocycles. The van der Waals surface area contributed by atoms with Crippen LogP contribution in [0.4, 0.5) is 4.79 Å². The summed E-state index contributed by atoms with van der Waals surface area (Å²) in [5.74, 6) is 0.805. The predicted octanol–water partition coefficient (Wildman–Crippen LogP) is 4.50. The fourth-order valence-corrected chi connectivity index (χ4v) is 3.61. The maximum Gasteiger partial charge on any atom is 0.405 e. The zero-order valence-electron chi connectivity index (χ0n) is 16.0. The Morgan fingerprint density at radius 3 is 2.79 bits per heavy atom. The van der Waals surface area contributed by atoms with Gasteiger partial charge in [0.05, 0.1) is 22.5 Å². The number of ether oxygens (including phenoxy) is 1. The molecule has 0 spiro atoms. The van der Waals surface area contributed by atoms with Crippen LogP contribution in [0.5, 0.6) is 5.75 Å². The third-order valence-corrected chi connectivity index (χ3v) is 4.63. The van der Waals surface area contributed by atoms with Crippen molar-refractivity contribution in [2.24, 2.45) is 5.92 Å². The molecule has 28 heavy (non-hydrogen) atoms. The lowest BCUT2D eigenvalue weighted by atomic mass is 9.91. The topological polar surface area (TPSA) is 88.8 Å². The van der Waals surface area contributed by atoms with Crippen molar-refractivity contribution in [3.05, 3.63) is 47.7 Å². The Hall–Kier alpha value is -2.80. The van der Waals surface area contributed by atoms with Crippen LogP contribution in [0.15, 0.2) is 42.7 Å². The van der Waals surface area contributed by atoms with E-state index < -0.39 is 11.6 Å². The molecule has 0 fully saturated rings. The number of halogens is 1. The normalized spacial score (nSPS) is 13.5. The minimum absolute atomic E-state index is 0.176. The minimum Gasteiger partial charge on any atom is -0.490 e. The van der Waals surface area contributed by atoms with Gasteiger partial charge in [-0.25, -0.2) is 14.3 Å². The Bertz CT molecular complexity index is 988. The fourth-order valence-electron chi connectivity index (χ4n) is 3.37. The Labute approximate surface area is 168 Å². The van der Waals surface area contributed by atoms with Gasteiger partial charge < -0.3 is 15.2 Å². The molecule has 2 N–H and O–H groups in total. The second-order valence-corrected chi connectivity index (χ2v) is 7.86. The Balaban J connectivity index is 1.81. The molecule has 8 heteroatoms.